The normalized spacial score (nSPS) is 9.18. The van der Waals surface area contributed by atoms with E-state index in [0.717, 1.165) is 0 Å². The number of rotatable bonds is 0. The molecule has 0 fully saturated rings. The van der Waals surface area contributed by atoms with Gasteiger partial charge in [-0.25, -0.2) is 9.97 Å². The minimum absolute atomic E-state index is 1.88. The van der Waals surface area contributed by atoms with Gasteiger partial charge in [0.05, 0.1) is 0 Å². The maximum absolute atomic E-state index is 5.05. The maximum atomic E-state index is 5.05. The van der Waals surface area contributed by atoms with E-state index in [1.165, 1.54) is 0 Å². The largest absolute Gasteiger partial charge is 0.218 e. The second-order valence-corrected chi connectivity index (χ2v) is 30.5. The Kier molecular flexibility index (Phi) is 11.2. The summed E-state index contributed by atoms with van der Waals surface area (Å²) in [4.78, 5) is 5.78. The number of halogens is 4. The summed E-state index contributed by atoms with van der Waals surface area (Å²) in [5.74, 6) is 0. The van der Waals surface area contributed by atoms with Crippen molar-refractivity contribution < 1.29 is 20.8 Å². The first-order valence-electron chi connectivity index (χ1n) is 4.89. The zero-order valence-corrected chi connectivity index (χ0v) is 15.0. The minimum Gasteiger partial charge on any atom is -0.218 e. The molecule has 0 unspecified atom stereocenters. The summed E-state index contributed by atoms with van der Waals surface area (Å²) < 4.78 is 0. The van der Waals surface area contributed by atoms with Crippen LogP contribution in [0.3, 0.4) is 0 Å². The van der Waals surface area contributed by atoms with Gasteiger partial charge in [0, 0.05) is 24.3 Å². The summed E-state index contributed by atoms with van der Waals surface area (Å²) in [5, 5.41) is 0. The van der Waals surface area contributed by atoms with Crippen LogP contribution < -0.4 is 9.97 Å². The van der Waals surface area contributed by atoms with E-state index in [9.17, 15) is 0 Å². The van der Waals surface area contributed by atoms with Crippen molar-refractivity contribution in [1.82, 2.24) is 0 Å². The summed E-state index contributed by atoms with van der Waals surface area (Å²) in [6, 6.07) is 11.7. The van der Waals surface area contributed by atoms with Gasteiger partial charge in [0.25, 0.3) is 0 Å². The summed E-state index contributed by atoms with van der Waals surface area (Å²) >= 11 is 0. The number of pyridine rings is 2. The molecule has 2 aromatic heterocycles. The zero-order chi connectivity index (χ0) is 13.0. The second kappa shape index (κ2) is 11.2. The molecule has 0 aromatic carbocycles. The van der Waals surface area contributed by atoms with E-state index in [-0.39, 0.29) is 0 Å². The van der Waals surface area contributed by atoms with E-state index < -0.39 is 10.8 Å². The monoisotopic (exact) mass is 364 g/mol. The Bertz CT molecular complexity index is 265. The average molecular weight is 367 g/mol. The van der Waals surface area contributed by atoms with Crippen molar-refractivity contribution in [3.05, 3.63) is 61.2 Å². The fraction of sp³-hybridized carbons (Fsp3) is 0. The van der Waals surface area contributed by atoms with Gasteiger partial charge in [-0.1, -0.05) is 12.1 Å². The van der Waals surface area contributed by atoms with Crippen molar-refractivity contribution in [3.63, 3.8) is 0 Å². The van der Waals surface area contributed by atoms with Crippen LogP contribution in [0.2, 0.25) is 0 Å². The van der Waals surface area contributed by atoms with E-state index in [1.54, 1.807) is 0 Å². The minimum atomic E-state index is -3.36. The van der Waals surface area contributed by atoms with Crippen molar-refractivity contribution in [3.8, 4) is 0 Å². The Labute approximate surface area is 120 Å². The van der Waals surface area contributed by atoms with Crippen LogP contribution in [-0.4, -0.2) is 0 Å². The number of nitrogens with one attached hydrogen (secondary N) is 2. The molecule has 0 saturated carbocycles. The molecular weight excluding hydrogens is 355 g/mol. The Hall–Kier alpha value is 0.0834. The summed E-state index contributed by atoms with van der Waals surface area (Å²) in [6.45, 7) is 0. The molecule has 0 radical (unpaired) electrons. The van der Waals surface area contributed by atoms with Crippen LogP contribution in [0.4, 0.5) is 0 Å². The van der Waals surface area contributed by atoms with E-state index in [1.807, 2.05) is 61.2 Å². The smallest absolute Gasteiger partial charge is 0.166 e. The topological polar surface area (TPSA) is 28.3 Å². The molecule has 0 amide bonds. The van der Waals surface area contributed by atoms with Crippen LogP contribution in [0.15, 0.2) is 61.2 Å². The second-order valence-electron chi connectivity index (χ2n) is 2.76. The van der Waals surface area contributed by atoms with Gasteiger partial charge in [-0.2, -0.15) is 0 Å². The SMILES string of the molecule is [Cl][Zn-2]([Cl])([Cl])[Cl].c1cc[nH+]cc1.c1cc[nH+]cc1. The molecule has 0 bridgehead atoms. The molecule has 0 aliphatic rings. The molecule has 2 aromatic rings. The third-order valence-corrected chi connectivity index (χ3v) is 1.21. The van der Waals surface area contributed by atoms with E-state index in [2.05, 4.69) is 9.97 Å². The van der Waals surface area contributed by atoms with Gasteiger partial charge >= 0.3 is 49.6 Å². The number of aromatic amines is 2. The van der Waals surface area contributed by atoms with Crippen molar-refractivity contribution >= 4 is 38.8 Å². The number of H-pyrrole nitrogens is 2. The van der Waals surface area contributed by atoms with Crippen LogP contribution in [-0.2, 0) is 10.8 Å². The fourth-order valence-corrected chi connectivity index (χ4v) is 0.684. The average Bonchev–Trinajstić information content (AvgIpc) is 2.32. The molecule has 0 saturated heterocycles. The van der Waals surface area contributed by atoms with Crippen LogP contribution in [0.5, 0.6) is 0 Å². The molecule has 0 spiro atoms. The van der Waals surface area contributed by atoms with Gasteiger partial charge in [0.15, 0.2) is 24.8 Å². The van der Waals surface area contributed by atoms with Crippen molar-refractivity contribution in [1.29, 1.82) is 0 Å². The molecule has 2 rings (SSSR count). The third kappa shape index (κ3) is 21.8. The zero-order valence-electron chi connectivity index (χ0n) is 8.99. The molecule has 2 heterocycles. The molecule has 17 heavy (non-hydrogen) atoms. The van der Waals surface area contributed by atoms with Gasteiger partial charge in [-0.05, 0) is 0 Å². The quantitative estimate of drug-likeness (QED) is 0.635. The van der Waals surface area contributed by atoms with Crippen LogP contribution in [0.25, 0.3) is 0 Å². The van der Waals surface area contributed by atoms with Gasteiger partial charge in [0.1, 0.15) is 0 Å². The molecule has 2 nitrogen and oxygen atoms in total. The van der Waals surface area contributed by atoms with Crippen molar-refractivity contribution in [2.24, 2.45) is 0 Å². The maximum Gasteiger partial charge on any atom is 0.166 e. The summed E-state index contributed by atoms with van der Waals surface area (Å²) in [6.07, 6.45) is 7.50. The van der Waals surface area contributed by atoms with Gasteiger partial charge < -0.3 is 0 Å². The Morgan fingerprint density at radius 1 is 0.529 bits per heavy atom. The third-order valence-electron chi connectivity index (χ3n) is 1.21. The molecule has 7 heteroatoms. The summed E-state index contributed by atoms with van der Waals surface area (Å²) in [5.41, 5.74) is 0. The first-order valence-corrected chi connectivity index (χ1v) is 20.5. The number of aromatic nitrogens is 2. The standard InChI is InChI=1S/2C5H5N.4ClH.Zn/c2*1-2-4-6-5-3-1;;;;;/h2*1-5H;4*1H;/q;;;;;;+2/p-2. The van der Waals surface area contributed by atoms with E-state index >= 15 is 0 Å². The van der Waals surface area contributed by atoms with Gasteiger partial charge in [-0.15, -0.1) is 0 Å². The van der Waals surface area contributed by atoms with Crippen molar-refractivity contribution in [2.45, 2.75) is 0 Å². The predicted molar refractivity (Wildman–Crippen MR) is 69.4 cm³/mol. The Morgan fingerprint density at radius 2 is 0.765 bits per heavy atom. The number of hydrogen-bond donors (Lipinski definition) is 0. The van der Waals surface area contributed by atoms with Crippen molar-refractivity contribution in [2.75, 3.05) is 0 Å². The molecular formula is C10H12Cl4N2Zn. The van der Waals surface area contributed by atoms with Crippen LogP contribution in [0, 0.1) is 0 Å². The predicted octanol–water partition coefficient (Wildman–Crippen LogP) is 3.76. The van der Waals surface area contributed by atoms with E-state index in [0.29, 0.717) is 0 Å². The number of hydrogen-bond acceptors (Lipinski definition) is 0. The summed E-state index contributed by atoms with van der Waals surface area (Å²) in [7, 11) is 16.8. The van der Waals surface area contributed by atoms with Gasteiger partial charge in [0.2, 0.25) is 0 Å². The molecule has 92 valence electrons. The fourth-order valence-electron chi connectivity index (χ4n) is 0.684. The molecule has 0 aliphatic heterocycles. The molecule has 0 aliphatic carbocycles. The molecule has 2 N–H and O–H groups in total. The Balaban J connectivity index is 0.000000228. The Morgan fingerprint density at radius 3 is 0.824 bits per heavy atom. The first-order chi connectivity index (χ1) is 8.00. The van der Waals surface area contributed by atoms with E-state index in [4.69, 9.17) is 38.8 Å². The molecule has 0 atom stereocenters. The van der Waals surface area contributed by atoms with Gasteiger partial charge in [-0.3, -0.25) is 0 Å². The van der Waals surface area contributed by atoms with Crippen LogP contribution in [0.1, 0.15) is 0 Å². The first kappa shape index (κ1) is 17.1. The van der Waals surface area contributed by atoms with Crippen LogP contribution >= 0.6 is 38.8 Å².